The van der Waals surface area contributed by atoms with Crippen molar-refractivity contribution < 1.29 is 9.53 Å². The lowest BCUT2D eigenvalue weighted by Gasteiger charge is -2.05. The number of aromatic nitrogens is 2. The molecule has 0 saturated carbocycles. The third-order valence-electron chi connectivity index (χ3n) is 3.15. The van der Waals surface area contributed by atoms with E-state index in [0.29, 0.717) is 22.8 Å². The van der Waals surface area contributed by atoms with Gasteiger partial charge in [0.05, 0.1) is 23.8 Å². The molecule has 0 saturated heterocycles. The zero-order valence-electron chi connectivity index (χ0n) is 10.9. The molecule has 5 nitrogen and oxygen atoms in total. The van der Waals surface area contributed by atoms with E-state index in [1.807, 2.05) is 18.2 Å². The smallest absolute Gasteiger partial charge is 0.150 e. The molecule has 20 heavy (non-hydrogen) atoms. The van der Waals surface area contributed by atoms with Crippen molar-refractivity contribution in [1.29, 1.82) is 0 Å². The Hall–Kier alpha value is -2.82. The van der Waals surface area contributed by atoms with Gasteiger partial charge in [0, 0.05) is 11.1 Å². The molecule has 0 aliphatic heterocycles. The Labute approximate surface area is 115 Å². The van der Waals surface area contributed by atoms with Crippen LogP contribution in [-0.4, -0.2) is 23.4 Å². The van der Waals surface area contributed by atoms with E-state index < -0.39 is 0 Å². The Morgan fingerprint density at radius 3 is 2.85 bits per heavy atom. The third-order valence-corrected chi connectivity index (χ3v) is 3.15. The molecule has 0 atom stereocenters. The van der Waals surface area contributed by atoms with Crippen LogP contribution in [0.25, 0.3) is 22.4 Å². The molecule has 0 fully saturated rings. The van der Waals surface area contributed by atoms with Crippen LogP contribution in [0.2, 0.25) is 0 Å². The summed E-state index contributed by atoms with van der Waals surface area (Å²) in [5.41, 5.74) is 9.49. The molecule has 0 amide bonds. The summed E-state index contributed by atoms with van der Waals surface area (Å²) in [5.74, 6) is 1.32. The standard InChI is InChI=1S/C15H13N3O2/c1-20-14-7-10(3-4-11(14)16)15-17-12-5-2-9(8-19)6-13(12)18-15/h2-8H,16H2,1H3,(H,17,18). The molecule has 100 valence electrons. The minimum absolute atomic E-state index is 0.579. The summed E-state index contributed by atoms with van der Waals surface area (Å²) in [5, 5.41) is 0. The maximum absolute atomic E-state index is 10.8. The van der Waals surface area contributed by atoms with Crippen LogP contribution in [-0.2, 0) is 0 Å². The zero-order chi connectivity index (χ0) is 14.1. The Bertz CT molecular complexity index is 793. The number of anilines is 1. The number of nitrogen functional groups attached to an aromatic ring is 1. The number of carbonyl (C=O) groups is 1. The predicted molar refractivity (Wildman–Crippen MR) is 77.9 cm³/mol. The largest absolute Gasteiger partial charge is 0.495 e. The molecular weight excluding hydrogens is 254 g/mol. The fourth-order valence-electron chi connectivity index (χ4n) is 2.10. The second-order valence-electron chi connectivity index (χ2n) is 4.44. The Balaban J connectivity index is 2.12. The van der Waals surface area contributed by atoms with Gasteiger partial charge in [0.25, 0.3) is 0 Å². The number of H-pyrrole nitrogens is 1. The van der Waals surface area contributed by atoms with Gasteiger partial charge in [-0.2, -0.15) is 0 Å². The molecule has 0 unspecified atom stereocenters. The van der Waals surface area contributed by atoms with Gasteiger partial charge in [0.2, 0.25) is 0 Å². The van der Waals surface area contributed by atoms with Crippen molar-refractivity contribution in [2.24, 2.45) is 0 Å². The second-order valence-corrected chi connectivity index (χ2v) is 4.44. The van der Waals surface area contributed by atoms with Crippen molar-refractivity contribution in [1.82, 2.24) is 9.97 Å². The van der Waals surface area contributed by atoms with Crippen molar-refractivity contribution in [3.8, 4) is 17.1 Å². The Morgan fingerprint density at radius 1 is 1.25 bits per heavy atom. The highest BCUT2D eigenvalue weighted by atomic mass is 16.5. The molecule has 3 aromatic rings. The molecule has 3 rings (SSSR count). The number of benzene rings is 2. The summed E-state index contributed by atoms with van der Waals surface area (Å²) >= 11 is 0. The molecule has 1 aromatic heterocycles. The summed E-state index contributed by atoms with van der Waals surface area (Å²) in [6, 6.07) is 10.8. The quantitative estimate of drug-likeness (QED) is 0.564. The normalized spacial score (nSPS) is 10.7. The van der Waals surface area contributed by atoms with Crippen molar-refractivity contribution in [2.45, 2.75) is 0 Å². The minimum Gasteiger partial charge on any atom is -0.495 e. The first-order chi connectivity index (χ1) is 9.71. The van der Waals surface area contributed by atoms with Crippen molar-refractivity contribution in [3.05, 3.63) is 42.0 Å². The maximum atomic E-state index is 10.8. The van der Waals surface area contributed by atoms with Crippen LogP contribution < -0.4 is 10.5 Å². The number of hydrogen-bond acceptors (Lipinski definition) is 4. The van der Waals surface area contributed by atoms with Crippen LogP contribution in [0.15, 0.2) is 36.4 Å². The first-order valence-corrected chi connectivity index (χ1v) is 6.10. The summed E-state index contributed by atoms with van der Waals surface area (Å²) in [4.78, 5) is 18.5. The van der Waals surface area contributed by atoms with Crippen LogP contribution in [0.4, 0.5) is 5.69 Å². The molecule has 3 N–H and O–H groups in total. The number of imidazole rings is 1. The van der Waals surface area contributed by atoms with Crippen LogP contribution >= 0.6 is 0 Å². The van der Waals surface area contributed by atoms with Gasteiger partial charge in [-0.05, 0) is 36.4 Å². The van der Waals surface area contributed by atoms with Gasteiger partial charge < -0.3 is 15.5 Å². The number of rotatable bonds is 3. The first-order valence-electron chi connectivity index (χ1n) is 6.10. The molecule has 2 aromatic carbocycles. The van der Waals surface area contributed by atoms with Crippen molar-refractivity contribution in [3.63, 3.8) is 0 Å². The molecule has 1 heterocycles. The highest BCUT2D eigenvalue weighted by Gasteiger charge is 2.08. The van der Waals surface area contributed by atoms with Crippen LogP contribution in [0.5, 0.6) is 5.75 Å². The van der Waals surface area contributed by atoms with E-state index in [9.17, 15) is 4.79 Å². The van der Waals surface area contributed by atoms with E-state index in [1.165, 1.54) is 0 Å². The minimum atomic E-state index is 0.579. The summed E-state index contributed by atoms with van der Waals surface area (Å²) < 4.78 is 5.20. The van der Waals surface area contributed by atoms with Gasteiger partial charge in [-0.15, -0.1) is 0 Å². The number of ether oxygens (including phenoxy) is 1. The predicted octanol–water partition coefficient (Wildman–Crippen LogP) is 2.63. The van der Waals surface area contributed by atoms with E-state index in [0.717, 1.165) is 22.9 Å². The van der Waals surface area contributed by atoms with Gasteiger partial charge in [0.15, 0.2) is 0 Å². The fraction of sp³-hybridized carbons (Fsp3) is 0.0667. The monoisotopic (exact) mass is 267 g/mol. The second kappa shape index (κ2) is 4.70. The van der Waals surface area contributed by atoms with E-state index in [1.54, 1.807) is 25.3 Å². The third kappa shape index (κ3) is 1.99. The number of nitrogens with zero attached hydrogens (tertiary/aromatic N) is 1. The highest BCUT2D eigenvalue weighted by Crippen LogP contribution is 2.28. The number of aldehydes is 1. The summed E-state index contributed by atoms with van der Waals surface area (Å²) in [7, 11) is 1.57. The molecule has 0 aliphatic carbocycles. The average molecular weight is 267 g/mol. The zero-order valence-corrected chi connectivity index (χ0v) is 10.9. The molecule has 0 radical (unpaired) electrons. The lowest BCUT2D eigenvalue weighted by atomic mass is 10.2. The lowest BCUT2D eigenvalue weighted by molar-refractivity contribution is 0.112. The molecule has 0 aliphatic rings. The lowest BCUT2D eigenvalue weighted by Crippen LogP contribution is -1.92. The number of nitrogens with one attached hydrogen (secondary N) is 1. The van der Waals surface area contributed by atoms with Gasteiger partial charge >= 0.3 is 0 Å². The number of nitrogens with two attached hydrogens (primary N) is 1. The Kier molecular flexibility index (Phi) is 2.87. The van der Waals surface area contributed by atoms with E-state index >= 15 is 0 Å². The maximum Gasteiger partial charge on any atom is 0.150 e. The number of hydrogen-bond donors (Lipinski definition) is 2. The topological polar surface area (TPSA) is 81.0 Å². The van der Waals surface area contributed by atoms with Crippen molar-refractivity contribution in [2.75, 3.05) is 12.8 Å². The molecule has 0 bridgehead atoms. The van der Waals surface area contributed by atoms with Crippen LogP contribution in [0.3, 0.4) is 0 Å². The van der Waals surface area contributed by atoms with Gasteiger partial charge in [-0.25, -0.2) is 4.98 Å². The van der Waals surface area contributed by atoms with Gasteiger partial charge in [-0.1, -0.05) is 0 Å². The fourth-order valence-corrected chi connectivity index (χ4v) is 2.10. The average Bonchev–Trinajstić information content (AvgIpc) is 2.90. The SMILES string of the molecule is COc1cc(-c2nc3ccc(C=O)cc3[nH]2)ccc1N. The van der Waals surface area contributed by atoms with Crippen LogP contribution in [0.1, 0.15) is 10.4 Å². The molecular formula is C15H13N3O2. The van der Waals surface area contributed by atoms with E-state index in [4.69, 9.17) is 10.5 Å². The molecule has 5 heteroatoms. The number of carbonyl (C=O) groups excluding carboxylic acids is 1. The number of aromatic amines is 1. The highest BCUT2D eigenvalue weighted by molar-refractivity contribution is 5.86. The number of methoxy groups -OCH3 is 1. The Morgan fingerprint density at radius 2 is 2.10 bits per heavy atom. The summed E-state index contributed by atoms with van der Waals surface area (Å²) in [6.07, 6.45) is 0.812. The van der Waals surface area contributed by atoms with Crippen LogP contribution in [0, 0.1) is 0 Å². The van der Waals surface area contributed by atoms with Crippen molar-refractivity contribution >= 4 is 23.0 Å². The van der Waals surface area contributed by atoms with E-state index in [-0.39, 0.29) is 0 Å². The van der Waals surface area contributed by atoms with E-state index in [2.05, 4.69) is 9.97 Å². The first kappa shape index (κ1) is 12.2. The molecule has 0 spiro atoms. The number of fused-ring (bicyclic) bond motifs is 1. The summed E-state index contributed by atoms with van der Waals surface area (Å²) in [6.45, 7) is 0. The van der Waals surface area contributed by atoms with Gasteiger partial charge in [0.1, 0.15) is 17.9 Å². The van der Waals surface area contributed by atoms with Gasteiger partial charge in [-0.3, -0.25) is 4.79 Å².